The molecule has 0 unspecified atom stereocenters. The molecule has 1 N–H and O–H groups in total. The summed E-state index contributed by atoms with van der Waals surface area (Å²) in [4.78, 5) is 8.53. The fourth-order valence-corrected chi connectivity index (χ4v) is 1.58. The van der Waals surface area contributed by atoms with Gasteiger partial charge in [0.1, 0.15) is 0 Å². The van der Waals surface area contributed by atoms with Crippen molar-refractivity contribution in [2.24, 2.45) is 4.99 Å². The maximum atomic E-state index is 7.46. The summed E-state index contributed by atoms with van der Waals surface area (Å²) in [6, 6.07) is 0. The van der Waals surface area contributed by atoms with Crippen LogP contribution in [0.25, 0.3) is 0 Å². The quantitative estimate of drug-likeness (QED) is 0.391. The van der Waals surface area contributed by atoms with Crippen molar-refractivity contribution in [3.8, 4) is 0 Å². The normalized spacial score (nSPS) is 22.1. The summed E-state index contributed by atoms with van der Waals surface area (Å²) in [5, 5.41) is 7.46. The van der Waals surface area contributed by atoms with Gasteiger partial charge in [-0.05, 0) is 6.92 Å². The van der Waals surface area contributed by atoms with Crippen LogP contribution >= 0.6 is 0 Å². The molecule has 0 aromatic heterocycles. The summed E-state index contributed by atoms with van der Waals surface area (Å²) in [6.45, 7) is 5.73. The van der Waals surface area contributed by atoms with Crippen LogP contribution in [0.5, 0.6) is 0 Å². The van der Waals surface area contributed by atoms with E-state index in [1.165, 1.54) is 0 Å². The highest BCUT2D eigenvalue weighted by Gasteiger charge is 2.29. The third kappa shape index (κ3) is 0.895. The standard InChI is InChI=1S/C7H12N4/c1-6(8)11-5-4-10-3-2-9-7(10)11/h8H,2-5H2,1H3. The summed E-state index contributed by atoms with van der Waals surface area (Å²) < 4.78 is 0. The molecule has 0 saturated carbocycles. The fraction of sp³-hybridized carbons (Fsp3) is 0.714. The first-order valence-electron chi connectivity index (χ1n) is 3.91. The van der Waals surface area contributed by atoms with Crippen molar-refractivity contribution in [1.82, 2.24) is 9.80 Å². The van der Waals surface area contributed by atoms with Gasteiger partial charge in [-0.1, -0.05) is 0 Å². The Labute approximate surface area is 66.0 Å². The van der Waals surface area contributed by atoms with Crippen molar-refractivity contribution in [1.29, 1.82) is 5.41 Å². The van der Waals surface area contributed by atoms with E-state index in [0.717, 1.165) is 32.1 Å². The van der Waals surface area contributed by atoms with E-state index < -0.39 is 0 Å². The lowest BCUT2D eigenvalue weighted by atomic mass is 10.5. The molecule has 0 aliphatic carbocycles. The van der Waals surface area contributed by atoms with Crippen LogP contribution in [0.1, 0.15) is 6.92 Å². The second-order valence-electron chi connectivity index (χ2n) is 2.91. The maximum absolute atomic E-state index is 7.46. The number of guanidine groups is 1. The molecule has 60 valence electrons. The lowest BCUT2D eigenvalue weighted by Gasteiger charge is -2.16. The molecule has 0 bridgehead atoms. The molecule has 0 atom stereocenters. The molecule has 1 fully saturated rings. The Hall–Kier alpha value is -1.06. The topological polar surface area (TPSA) is 42.7 Å². The Morgan fingerprint density at radius 3 is 3.00 bits per heavy atom. The van der Waals surface area contributed by atoms with Crippen molar-refractivity contribution >= 4 is 11.8 Å². The van der Waals surface area contributed by atoms with Gasteiger partial charge < -0.3 is 4.90 Å². The van der Waals surface area contributed by atoms with Crippen molar-refractivity contribution < 1.29 is 0 Å². The fourth-order valence-electron chi connectivity index (χ4n) is 1.58. The molecule has 2 rings (SSSR count). The van der Waals surface area contributed by atoms with Gasteiger partial charge in [0.05, 0.1) is 12.4 Å². The Morgan fingerprint density at radius 1 is 1.45 bits per heavy atom. The van der Waals surface area contributed by atoms with Crippen LogP contribution in [0, 0.1) is 5.41 Å². The summed E-state index contributed by atoms with van der Waals surface area (Å²) in [5.74, 6) is 1.62. The number of hydrogen-bond acceptors (Lipinski definition) is 3. The summed E-state index contributed by atoms with van der Waals surface area (Å²) in [5.41, 5.74) is 0. The summed E-state index contributed by atoms with van der Waals surface area (Å²) in [6.07, 6.45) is 0. The Kier molecular flexibility index (Phi) is 1.34. The van der Waals surface area contributed by atoms with Gasteiger partial charge in [0.25, 0.3) is 0 Å². The zero-order chi connectivity index (χ0) is 7.84. The third-order valence-corrected chi connectivity index (χ3v) is 2.15. The van der Waals surface area contributed by atoms with Crippen LogP contribution in [0.3, 0.4) is 0 Å². The van der Waals surface area contributed by atoms with Crippen LogP contribution in [-0.4, -0.2) is 47.8 Å². The smallest absolute Gasteiger partial charge is 0.202 e. The third-order valence-electron chi connectivity index (χ3n) is 2.15. The number of aliphatic imine (C=N–C) groups is 1. The van der Waals surface area contributed by atoms with E-state index in [-0.39, 0.29) is 0 Å². The molecule has 0 amide bonds. The molecule has 4 heteroatoms. The van der Waals surface area contributed by atoms with E-state index in [9.17, 15) is 0 Å². The van der Waals surface area contributed by atoms with Gasteiger partial charge in [-0.15, -0.1) is 0 Å². The van der Waals surface area contributed by atoms with Crippen LogP contribution < -0.4 is 0 Å². The number of hydrogen-bond donors (Lipinski definition) is 1. The zero-order valence-corrected chi connectivity index (χ0v) is 6.67. The van der Waals surface area contributed by atoms with Gasteiger partial charge in [0, 0.05) is 19.6 Å². The molecule has 0 aromatic rings. The number of amidine groups is 1. The minimum absolute atomic E-state index is 0.605. The highest BCUT2D eigenvalue weighted by atomic mass is 15.5. The largest absolute Gasteiger partial charge is 0.339 e. The Morgan fingerprint density at radius 2 is 2.27 bits per heavy atom. The number of fused-ring (bicyclic) bond motifs is 1. The molecule has 0 radical (unpaired) electrons. The van der Waals surface area contributed by atoms with Crippen LogP contribution in [0.15, 0.2) is 4.99 Å². The molecule has 0 aromatic carbocycles. The SMILES string of the molecule is CC(=N)N1CCN2CCN=C21. The molecular formula is C7H12N4. The number of rotatable bonds is 0. The van der Waals surface area contributed by atoms with Gasteiger partial charge in [-0.25, -0.2) is 0 Å². The monoisotopic (exact) mass is 152 g/mol. The molecule has 1 saturated heterocycles. The zero-order valence-electron chi connectivity index (χ0n) is 6.67. The Bertz CT molecular complexity index is 220. The van der Waals surface area contributed by atoms with Gasteiger partial charge in [-0.2, -0.15) is 0 Å². The second kappa shape index (κ2) is 2.22. The average Bonchev–Trinajstić information content (AvgIpc) is 2.41. The van der Waals surface area contributed by atoms with Crippen molar-refractivity contribution in [3.05, 3.63) is 0 Å². The predicted octanol–water partition coefficient (Wildman–Crippen LogP) is -0.0292. The molecule has 2 aliphatic rings. The predicted molar refractivity (Wildman–Crippen MR) is 44.0 cm³/mol. The molecule has 11 heavy (non-hydrogen) atoms. The maximum Gasteiger partial charge on any atom is 0.202 e. The summed E-state index contributed by atoms with van der Waals surface area (Å²) in [7, 11) is 0. The van der Waals surface area contributed by atoms with Gasteiger partial charge in [0.2, 0.25) is 5.96 Å². The number of nitrogens with zero attached hydrogens (tertiary/aromatic N) is 3. The average molecular weight is 152 g/mol. The van der Waals surface area contributed by atoms with E-state index in [4.69, 9.17) is 5.41 Å². The second-order valence-corrected chi connectivity index (χ2v) is 2.91. The van der Waals surface area contributed by atoms with Gasteiger partial charge in [0.15, 0.2) is 0 Å². The minimum Gasteiger partial charge on any atom is -0.339 e. The van der Waals surface area contributed by atoms with Gasteiger partial charge >= 0.3 is 0 Å². The molecule has 2 heterocycles. The molecule has 2 aliphatic heterocycles. The summed E-state index contributed by atoms with van der Waals surface area (Å²) >= 11 is 0. The van der Waals surface area contributed by atoms with Crippen molar-refractivity contribution in [2.75, 3.05) is 26.2 Å². The molecule has 0 spiro atoms. The first-order valence-corrected chi connectivity index (χ1v) is 3.91. The molecular weight excluding hydrogens is 140 g/mol. The highest BCUT2D eigenvalue weighted by molar-refractivity contribution is 5.99. The van der Waals surface area contributed by atoms with Crippen LogP contribution in [-0.2, 0) is 0 Å². The van der Waals surface area contributed by atoms with Crippen molar-refractivity contribution in [3.63, 3.8) is 0 Å². The van der Waals surface area contributed by atoms with Crippen LogP contribution in [0.4, 0.5) is 0 Å². The van der Waals surface area contributed by atoms with E-state index in [1.54, 1.807) is 0 Å². The van der Waals surface area contributed by atoms with E-state index in [1.807, 2.05) is 11.8 Å². The van der Waals surface area contributed by atoms with E-state index in [0.29, 0.717) is 5.84 Å². The highest BCUT2D eigenvalue weighted by Crippen LogP contribution is 2.13. The first kappa shape index (κ1) is 6.64. The number of nitrogens with one attached hydrogen (secondary N) is 1. The molecule has 4 nitrogen and oxygen atoms in total. The van der Waals surface area contributed by atoms with Gasteiger partial charge in [-0.3, -0.25) is 15.3 Å². The Balaban J connectivity index is 2.20. The van der Waals surface area contributed by atoms with Crippen LogP contribution in [0.2, 0.25) is 0 Å². The first-order chi connectivity index (χ1) is 5.29. The van der Waals surface area contributed by atoms with E-state index in [2.05, 4.69) is 9.89 Å². The van der Waals surface area contributed by atoms with Crippen molar-refractivity contribution in [2.45, 2.75) is 6.92 Å². The lowest BCUT2D eigenvalue weighted by molar-refractivity contribution is 0.501. The van der Waals surface area contributed by atoms with E-state index >= 15 is 0 Å². The lowest BCUT2D eigenvalue weighted by Crippen LogP contribution is -2.33. The minimum atomic E-state index is 0.605.